The van der Waals surface area contributed by atoms with Crippen molar-refractivity contribution in [3.8, 4) is 0 Å². The predicted molar refractivity (Wildman–Crippen MR) is 165 cm³/mol. The molecule has 0 radical (unpaired) electrons. The van der Waals surface area contributed by atoms with Crippen LogP contribution in [0.3, 0.4) is 0 Å². The van der Waals surface area contributed by atoms with Crippen molar-refractivity contribution >= 4 is 24.1 Å². The molecule has 0 unspecified atom stereocenters. The number of hydrogen-bond acceptors (Lipinski definition) is 7. The number of hydrogen-bond donors (Lipinski definition) is 0. The molecule has 0 atom stereocenters. The molecule has 1 amide bonds. The summed E-state index contributed by atoms with van der Waals surface area (Å²) in [4.78, 5) is 35.8. The lowest BCUT2D eigenvalue weighted by Gasteiger charge is -2.24. The molecule has 1 aliphatic heterocycles. The van der Waals surface area contributed by atoms with E-state index in [0.717, 1.165) is 18.7 Å². The zero-order valence-corrected chi connectivity index (χ0v) is 27.3. The minimum absolute atomic E-state index is 0.248. The number of amides is 1. The van der Waals surface area contributed by atoms with Crippen LogP contribution in [-0.4, -0.2) is 41.8 Å². The highest BCUT2D eigenvalue weighted by molar-refractivity contribution is 5.90. The van der Waals surface area contributed by atoms with E-state index in [0.29, 0.717) is 0 Å². The summed E-state index contributed by atoms with van der Waals surface area (Å²) in [6.45, 7) is 20.7. The average molecular weight is 584 g/mol. The van der Waals surface area contributed by atoms with Crippen molar-refractivity contribution in [1.29, 1.82) is 0 Å². The molecule has 2 aromatic rings. The Labute approximate surface area is 251 Å². The fourth-order valence-corrected chi connectivity index (χ4v) is 4.54. The van der Waals surface area contributed by atoms with Crippen molar-refractivity contribution in [1.82, 2.24) is 0 Å². The Morgan fingerprint density at radius 2 is 1.14 bits per heavy atom. The van der Waals surface area contributed by atoms with Crippen LogP contribution in [-0.2, 0) is 38.2 Å². The number of anilines is 1. The van der Waals surface area contributed by atoms with Crippen LogP contribution in [0.2, 0.25) is 0 Å². The van der Waals surface area contributed by atoms with E-state index in [2.05, 4.69) is 42.8 Å². The molecule has 0 aromatic heterocycles. The summed E-state index contributed by atoms with van der Waals surface area (Å²) < 4.78 is 19.2. The summed E-state index contributed by atoms with van der Waals surface area (Å²) in [5.74, 6) is 0. The molecule has 4 rings (SSSR count). The van der Waals surface area contributed by atoms with Gasteiger partial charge < -0.3 is 18.9 Å². The second kappa shape index (κ2) is 14.1. The molecule has 0 saturated heterocycles. The van der Waals surface area contributed by atoms with Gasteiger partial charge in [0.1, 0.15) is 16.8 Å². The second-order valence-corrected chi connectivity index (χ2v) is 13.6. The Bertz CT molecular complexity index is 1220. The molecule has 2 aromatic carbocycles. The lowest BCUT2D eigenvalue weighted by Crippen LogP contribution is -2.35. The smallest absolute Gasteiger partial charge is 0.443 e. The normalized spacial score (nSPS) is 13.8. The van der Waals surface area contributed by atoms with E-state index in [1.165, 1.54) is 36.0 Å². The van der Waals surface area contributed by atoms with Gasteiger partial charge in [0.25, 0.3) is 0 Å². The van der Waals surface area contributed by atoms with Crippen molar-refractivity contribution < 1.29 is 33.3 Å². The number of carbonyl (C=O) groups excluding carboxylic acids is 3. The van der Waals surface area contributed by atoms with E-state index in [-0.39, 0.29) is 6.09 Å². The van der Waals surface area contributed by atoms with Gasteiger partial charge in [-0.1, -0.05) is 30.3 Å². The summed E-state index contributed by atoms with van der Waals surface area (Å²) in [5, 5.41) is 0. The van der Waals surface area contributed by atoms with Crippen LogP contribution < -0.4 is 4.90 Å². The molecular weight excluding hydrogens is 534 g/mol. The first-order valence-corrected chi connectivity index (χ1v) is 14.6. The van der Waals surface area contributed by atoms with Gasteiger partial charge in [0, 0.05) is 6.54 Å². The summed E-state index contributed by atoms with van der Waals surface area (Å²) in [7, 11) is 0. The van der Waals surface area contributed by atoms with Crippen LogP contribution in [0.5, 0.6) is 0 Å². The lowest BCUT2D eigenvalue weighted by molar-refractivity contribution is -0.0294. The first kappa shape index (κ1) is 34.7. The first-order valence-electron chi connectivity index (χ1n) is 14.6. The number of benzene rings is 2. The minimum atomic E-state index is -1.06. The van der Waals surface area contributed by atoms with Crippen LogP contribution in [0, 0.1) is 13.8 Å². The molecule has 8 heteroatoms. The van der Waals surface area contributed by atoms with Crippen molar-refractivity contribution in [3.63, 3.8) is 0 Å². The Balaban J connectivity index is 0.000000227. The van der Waals surface area contributed by atoms with Gasteiger partial charge in [-0.25, -0.2) is 14.4 Å². The van der Waals surface area contributed by atoms with E-state index in [9.17, 15) is 14.4 Å². The SMILES string of the molecule is CC(C)(C)OC(=O)OC(=O)OC(C)(C)C.Cc1cccc2c1CCC2.Cc1cccc2c1CCN2C(=O)OC(C)(C)C. The van der Waals surface area contributed by atoms with Crippen molar-refractivity contribution in [2.24, 2.45) is 0 Å². The maximum atomic E-state index is 12.0. The molecule has 0 saturated carbocycles. The maximum absolute atomic E-state index is 12.0. The fourth-order valence-electron chi connectivity index (χ4n) is 4.54. The van der Waals surface area contributed by atoms with Crippen LogP contribution in [0.1, 0.15) is 96.6 Å². The average Bonchev–Trinajstić information content (AvgIpc) is 3.45. The standard InChI is InChI=1S/C14H19NO2.C10H18O5.C10H12/c1-10-6-5-7-12-11(10)8-9-15(12)13(16)17-14(2,3)4;1-9(2,3)14-7(11)13-8(12)15-10(4,5)6;1-8-4-2-5-9-6-3-7-10(8)9/h5-7H,8-9H2,1-4H3;1-6H3;2,4-5H,3,6-7H2,1H3. The van der Waals surface area contributed by atoms with Crippen molar-refractivity contribution in [2.45, 2.75) is 119 Å². The third kappa shape index (κ3) is 11.7. The number of rotatable bonds is 0. The van der Waals surface area contributed by atoms with E-state index in [4.69, 9.17) is 14.2 Å². The highest BCUT2D eigenvalue weighted by Gasteiger charge is 2.29. The molecule has 2 aliphatic rings. The number of nitrogens with zero attached hydrogens (tertiary/aromatic N) is 1. The number of carbonyl (C=O) groups is 3. The molecule has 42 heavy (non-hydrogen) atoms. The minimum Gasteiger partial charge on any atom is -0.443 e. The van der Waals surface area contributed by atoms with Gasteiger partial charge in [-0.3, -0.25) is 4.90 Å². The fraction of sp³-hybridized carbons (Fsp3) is 0.559. The van der Waals surface area contributed by atoms with E-state index in [1.807, 2.05) is 32.9 Å². The summed E-state index contributed by atoms with van der Waals surface area (Å²) in [6, 6.07) is 12.7. The van der Waals surface area contributed by atoms with Crippen LogP contribution in [0.25, 0.3) is 0 Å². The van der Waals surface area contributed by atoms with Gasteiger partial charge in [0.05, 0.1) is 5.69 Å². The number of fused-ring (bicyclic) bond motifs is 2. The number of aryl methyl sites for hydroxylation is 3. The first-order chi connectivity index (χ1) is 19.3. The zero-order chi connectivity index (χ0) is 31.9. The van der Waals surface area contributed by atoms with E-state index in [1.54, 1.807) is 57.6 Å². The van der Waals surface area contributed by atoms with Crippen molar-refractivity contribution in [2.75, 3.05) is 11.4 Å². The molecule has 8 nitrogen and oxygen atoms in total. The molecule has 232 valence electrons. The number of ether oxygens (including phenoxy) is 4. The predicted octanol–water partition coefficient (Wildman–Crippen LogP) is 8.65. The topological polar surface area (TPSA) is 91.4 Å². The summed E-state index contributed by atoms with van der Waals surface area (Å²) in [6.07, 6.45) is 2.52. The zero-order valence-electron chi connectivity index (χ0n) is 27.3. The van der Waals surface area contributed by atoms with Gasteiger partial charge in [0.15, 0.2) is 0 Å². The Morgan fingerprint density at radius 1 is 0.643 bits per heavy atom. The Morgan fingerprint density at radius 3 is 1.64 bits per heavy atom. The molecule has 1 heterocycles. The highest BCUT2D eigenvalue weighted by Crippen LogP contribution is 2.31. The summed E-state index contributed by atoms with van der Waals surface area (Å²) in [5.41, 5.74) is 6.35. The quantitative estimate of drug-likeness (QED) is 0.174. The molecule has 0 N–H and O–H groups in total. The summed E-state index contributed by atoms with van der Waals surface area (Å²) >= 11 is 0. The van der Waals surface area contributed by atoms with Crippen LogP contribution in [0.4, 0.5) is 20.1 Å². The second-order valence-electron chi connectivity index (χ2n) is 13.6. The molecule has 0 spiro atoms. The third-order valence-electron chi connectivity index (χ3n) is 6.20. The van der Waals surface area contributed by atoms with E-state index < -0.39 is 29.1 Å². The van der Waals surface area contributed by atoms with Gasteiger partial charge >= 0.3 is 18.4 Å². The lowest BCUT2D eigenvalue weighted by atomic mass is 10.1. The highest BCUT2D eigenvalue weighted by atomic mass is 16.8. The van der Waals surface area contributed by atoms with Crippen LogP contribution in [0.15, 0.2) is 36.4 Å². The van der Waals surface area contributed by atoms with Gasteiger partial charge in [0.2, 0.25) is 0 Å². The monoisotopic (exact) mass is 583 g/mol. The molecule has 0 bridgehead atoms. The Kier molecular flexibility index (Phi) is 11.6. The van der Waals surface area contributed by atoms with Crippen molar-refractivity contribution in [3.05, 3.63) is 64.2 Å². The van der Waals surface area contributed by atoms with Crippen LogP contribution >= 0.6 is 0 Å². The van der Waals surface area contributed by atoms with E-state index >= 15 is 0 Å². The maximum Gasteiger partial charge on any atom is 0.519 e. The third-order valence-corrected chi connectivity index (χ3v) is 6.20. The van der Waals surface area contributed by atoms with Gasteiger partial charge in [-0.2, -0.15) is 0 Å². The molecule has 1 aliphatic carbocycles. The molecular formula is C34H49NO7. The van der Waals surface area contributed by atoms with Gasteiger partial charge in [-0.15, -0.1) is 0 Å². The Hall–Kier alpha value is -3.55. The van der Waals surface area contributed by atoms with Gasteiger partial charge in [-0.05, 0) is 136 Å². The largest absolute Gasteiger partial charge is 0.519 e. The molecule has 0 fully saturated rings.